The first-order chi connectivity index (χ1) is 13.3. The topological polar surface area (TPSA) is 51.2 Å². The average Bonchev–Trinajstić information content (AvgIpc) is 3.14. The Morgan fingerprint density at radius 1 is 1.11 bits per heavy atom. The van der Waals surface area contributed by atoms with Crippen molar-refractivity contribution in [2.24, 2.45) is 0 Å². The lowest BCUT2D eigenvalue weighted by atomic mass is 9.84. The van der Waals surface area contributed by atoms with Crippen LogP contribution in [0.3, 0.4) is 0 Å². The maximum Gasteiger partial charge on any atom is 0.161 e. The molecule has 3 aliphatic rings. The van der Waals surface area contributed by atoms with Gasteiger partial charge in [-0.1, -0.05) is 0 Å². The number of hydrogen-bond acceptors (Lipinski definition) is 5. The average molecular weight is 390 g/mol. The van der Waals surface area contributed by atoms with Crippen molar-refractivity contribution in [3.63, 3.8) is 0 Å². The molecular weight excluding hydrogens is 354 g/mol. The number of methoxy groups -OCH3 is 1. The number of aliphatic hydroxyl groups is 1. The van der Waals surface area contributed by atoms with Crippen LogP contribution in [0.4, 0.5) is 0 Å². The third-order valence-corrected chi connectivity index (χ3v) is 6.30. The lowest BCUT2D eigenvalue weighted by molar-refractivity contribution is -0.149. The van der Waals surface area contributed by atoms with Gasteiger partial charge in [-0.05, 0) is 82.6 Å². The molecule has 1 aromatic carbocycles. The summed E-state index contributed by atoms with van der Waals surface area (Å²) in [6, 6.07) is 4.55. The van der Waals surface area contributed by atoms with Gasteiger partial charge in [0.1, 0.15) is 0 Å². The van der Waals surface area contributed by atoms with Gasteiger partial charge in [0.25, 0.3) is 0 Å². The molecule has 156 valence electrons. The quantitative estimate of drug-likeness (QED) is 0.847. The zero-order chi connectivity index (χ0) is 19.9. The first kappa shape index (κ1) is 20.0. The predicted molar refractivity (Wildman–Crippen MR) is 109 cm³/mol. The van der Waals surface area contributed by atoms with E-state index < -0.39 is 6.10 Å². The summed E-state index contributed by atoms with van der Waals surface area (Å²) in [6.07, 6.45) is 6.20. The fourth-order valence-corrected chi connectivity index (χ4v) is 5.00. The standard InChI is InChI=1S/C23H35NO4/c1-23(2,3)28-22-14-24-10-9-15-11-21(27-16-7-5-6-8-16)20(26-4)12-17(15)18(24)13-19(22)25/h11-12,16,18-19,22,25H,5-10,13-14H2,1-4H3. The van der Waals surface area contributed by atoms with E-state index in [9.17, 15) is 5.11 Å². The first-order valence-corrected chi connectivity index (χ1v) is 10.8. The van der Waals surface area contributed by atoms with Crippen molar-refractivity contribution in [1.29, 1.82) is 0 Å². The van der Waals surface area contributed by atoms with Crippen LogP contribution in [0.25, 0.3) is 0 Å². The van der Waals surface area contributed by atoms with Crippen molar-refractivity contribution < 1.29 is 19.3 Å². The SMILES string of the molecule is COc1cc2c(cc1OC1CCCC1)CCN1CC(OC(C)(C)C)C(O)CC21. The largest absolute Gasteiger partial charge is 0.493 e. The highest BCUT2D eigenvalue weighted by atomic mass is 16.5. The van der Waals surface area contributed by atoms with Crippen LogP contribution in [0.2, 0.25) is 0 Å². The number of piperidine rings is 1. The van der Waals surface area contributed by atoms with Gasteiger partial charge in [0.05, 0.1) is 31.0 Å². The van der Waals surface area contributed by atoms with Crippen LogP contribution in [-0.4, -0.2) is 54.1 Å². The maximum atomic E-state index is 10.8. The summed E-state index contributed by atoms with van der Waals surface area (Å²) in [5.74, 6) is 1.70. The zero-order valence-corrected chi connectivity index (χ0v) is 17.7. The van der Waals surface area contributed by atoms with E-state index in [0.29, 0.717) is 12.5 Å². The third kappa shape index (κ3) is 4.17. The van der Waals surface area contributed by atoms with E-state index >= 15 is 0 Å². The van der Waals surface area contributed by atoms with Crippen molar-refractivity contribution in [3.05, 3.63) is 23.3 Å². The molecular formula is C23H35NO4. The molecule has 0 spiro atoms. The Morgan fingerprint density at radius 2 is 1.86 bits per heavy atom. The fourth-order valence-electron chi connectivity index (χ4n) is 5.00. The van der Waals surface area contributed by atoms with E-state index in [1.54, 1.807) is 7.11 Å². The second-order valence-electron chi connectivity index (χ2n) is 9.56. The Labute approximate surface area is 169 Å². The summed E-state index contributed by atoms with van der Waals surface area (Å²) in [6.45, 7) is 7.91. The van der Waals surface area contributed by atoms with Crippen molar-refractivity contribution in [2.75, 3.05) is 20.2 Å². The summed E-state index contributed by atoms with van der Waals surface area (Å²) in [4.78, 5) is 2.46. The maximum absolute atomic E-state index is 10.8. The third-order valence-electron chi connectivity index (χ3n) is 6.30. The monoisotopic (exact) mass is 389 g/mol. The number of hydrogen-bond donors (Lipinski definition) is 1. The van der Waals surface area contributed by atoms with E-state index in [2.05, 4.69) is 17.0 Å². The molecule has 1 N–H and O–H groups in total. The van der Waals surface area contributed by atoms with Crippen LogP contribution >= 0.6 is 0 Å². The van der Waals surface area contributed by atoms with Gasteiger partial charge in [0, 0.05) is 19.1 Å². The number of aliphatic hydroxyl groups excluding tert-OH is 1. The Balaban J connectivity index is 1.55. The highest BCUT2D eigenvalue weighted by Crippen LogP contribution is 2.43. The summed E-state index contributed by atoms with van der Waals surface area (Å²) < 4.78 is 18.1. The van der Waals surface area contributed by atoms with E-state index in [1.165, 1.54) is 24.0 Å². The minimum Gasteiger partial charge on any atom is -0.493 e. The molecule has 1 saturated carbocycles. The van der Waals surface area contributed by atoms with Gasteiger partial charge in [0.15, 0.2) is 11.5 Å². The van der Waals surface area contributed by atoms with Crippen LogP contribution in [-0.2, 0) is 11.2 Å². The number of ether oxygens (including phenoxy) is 3. The molecule has 1 aromatic rings. The van der Waals surface area contributed by atoms with Crippen LogP contribution in [0.5, 0.6) is 11.5 Å². The summed E-state index contributed by atoms with van der Waals surface area (Å²) >= 11 is 0. The highest BCUT2D eigenvalue weighted by Gasteiger charge is 2.40. The van der Waals surface area contributed by atoms with Crippen molar-refractivity contribution in [1.82, 2.24) is 4.90 Å². The van der Waals surface area contributed by atoms with E-state index in [-0.39, 0.29) is 17.7 Å². The normalized spacial score (nSPS) is 28.7. The molecule has 4 rings (SSSR count). The number of rotatable bonds is 4. The predicted octanol–water partition coefficient (Wildman–Crippen LogP) is 3.86. The number of fused-ring (bicyclic) bond motifs is 3. The van der Waals surface area contributed by atoms with Crippen molar-refractivity contribution in [2.45, 2.75) is 89.3 Å². The fraction of sp³-hybridized carbons (Fsp3) is 0.739. The Hall–Kier alpha value is -1.30. The molecule has 2 aliphatic heterocycles. The lowest BCUT2D eigenvalue weighted by Crippen LogP contribution is -2.53. The zero-order valence-electron chi connectivity index (χ0n) is 17.7. The van der Waals surface area contributed by atoms with Gasteiger partial charge in [-0.15, -0.1) is 0 Å². The number of benzene rings is 1. The van der Waals surface area contributed by atoms with Gasteiger partial charge in [-0.3, -0.25) is 4.90 Å². The molecule has 3 unspecified atom stereocenters. The van der Waals surface area contributed by atoms with E-state index in [1.807, 2.05) is 20.8 Å². The molecule has 2 heterocycles. The molecule has 2 fully saturated rings. The van der Waals surface area contributed by atoms with Gasteiger partial charge in [0.2, 0.25) is 0 Å². The molecule has 0 amide bonds. The Morgan fingerprint density at radius 3 is 2.54 bits per heavy atom. The van der Waals surface area contributed by atoms with E-state index in [0.717, 1.165) is 43.9 Å². The molecule has 0 bridgehead atoms. The van der Waals surface area contributed by atoms with Crippen LogP contribution < -0.4 is 9.47 Å². The molecule has 0 aromatic heterocycles. The van der Waals surface area contributed by atoms with Crippen molar-refractivity contribution in [3.8, 4) is 11.5 Å². The summed E-state index contributed by atoms with van der Waals surface area (Å²) in [5.41, 5.74) is 2.36. The van der Waals surface area contributed by atoms with Gasteiger partial charge in [-0.25, -0.2) is 0 Å². The molecule has 1 saturated heterocycles. The Bertz CT molecular complexity index is 693. The Kier molecular flexibility index (Phi) is 5.60. The van der Waals surface area contributed by atoms with Crippen LogP contribution in [0, 0.1) is 0 Å². The minimum absolute atomic E-state index is 0.135. The second-order valence-corrected chi connectivity index (χ2v) is 9.56. The molecule has 0 radical (unpaired) electrons. The van der Waals surface area contributed by atoms with Gasteiger partial charge >= 0.3 is 0 Å². The van der Waals surface area contributed by atoms with E-state index in [4.69, 9.17) is 14.2 Å². The highest BCUT2D eigenvalue weighted by molar-refractivity contribution is 5.50. The van der Waals surface area contributed by atoms with Gasteiger partial charge < -0.3 is 19.3 Å². The van der Waals surface area contributed by atoms with Crippen molar-refractivity contribution >= 4 is 0 Å². The van der Waals surface area contributed by atoms with Crippen LogP contribution in [0.15, 0.2) is 12.1 Å². The molecule has 28 heavy (non-hydrogen) atoms. The number of nitrogens with zero attached hydrogens (tertiary/aromatic N) is 1. The first-order valence-electron chi connectivity index (χ1n) is 10.8. The molecule has 3 atom stereocenters. The molecule has 1 aliphatic carbocycles. The van der Waals surface area contributed by atoms with Crippen LogP contribution in [0.1, 0.15) is 70.0 Å². The second kappa shape index (κ2) is 7.85. The summed E-state index contributed by atoms with van der Waals surface area (Å²) in [5, 5.41) is 10.8. The molecule has 5 nitrogen and oxygen atoms in total. The van der Waals surface area contributed by atoms with Gasteiger partial charge in [-0.2, -0.15) is 0 Å². The summed E-state index contributed by atoms with van der Waals surface area (Å²) in [7, 11) is 1.72. The minimum atomic E-state index is -0.452. The smallest absolute Gasteiger partial charge is 0.161 e. The lowest BCUT2D eigenvalue weighted by Gasteiger charge is -2.46. The molecule has 5 heteroatoms.